The second-order valence-electron chi connectivity index (χ2n) is 8.17. The minimum Gasteiger partial charge on any atom is -0.284 e. The van der Waals surface area contributed by atoms with Crippen LogP contribution in [0.1, 0.15) is 44.0 Å². The summed E-state index contributed by atoms with van der Waals surface area (Å²) in [6.07, 6.45) is 3.39. The zero-order valence-electron chi connectivity index (χ0n) is 16.8. The summed E-state index contributed by atoms with van der Waals surface area (Å²) < 4.78 is 1.01. The van der Waals surface area contributed by atoms with E-state index in [9.17, 15) is 4.79 Å². The maximum absolute atomic E-state index is 13.3. The third-order valence-corrected chi connectivity index (χ3v) is 7.87. The lowest BCUT2D eigenvalue weighted by molar-refractivity contribution is -0.120. The van der Waals surface area contributed by atoms with Gasteiger partial charge in [-0.1, -0.05) is 43.5 Å². The van der Waals surface area contributed by atoms with Gasteiger partial charge in [0.05, 0.1) is 16.8 Å². The Labute approximate surface area is 199 Å². The summed E-state index contributed by atoms with van der Waals surface area (Å²) in [4.78, 5) is 14.4. The number of thiophene rings is 1. The number of nitrogens with zero attached hydrogens (tertiary/aromatic N) is 3. The molecule has 2 aliphatic heterocycles. The molecule has 1 aromatic heterocycles. The van der Waals surface area contributed by atoms with Crippen molar-refractivity contribution in [1.82, 2.24) is 10.4 Å². The van der Waals surface area contributed by atoms with Gasteiger partial charge in [0, 0.05) is 38.3 Å². The number of benzene rings is 1. The molecule has 1 atom stereocenters. The molecule has 30 heavy (non-hydrogen) atoms. The van der Waals surface area contributed by atoms with Crippen molar-refractivity contribution in [3.05, 3.63) is 49.0 Å². The number of hydrogen-bond donors (Lipinski definition) is 1. The van der Waals surface area contributed by atoms with Crippen molar-refractivity contribution in [2.45, 2.75) is 39.2 Å². The first-order chi connectivity index (χ1) is 14.3. The van der Waals surface area contributed by atoms with Crippen molar-refractivity contribution in [1.29, 1.82) is 0 Å². The van der Waals surface area contributed by atoms with Gasteiger partial charge in [-0.2, -0.15) is 5.10 Å². The highest BCUT2D eigenvalue weighted by atomic mass is 79.9. The fraction of sp³-hybridized carbons (Fsp3) is 0.429. The molecule has 1 unspecified atom stereocenters. The van der Waals surface area contributed by atoms with Crippen molar-refractivity contribution < 1.29 is 4.79 Å². The number of carbonyl (C=O) groups is 1. The summed E-state index contributed by atoms with van der Waals surface area (Å²) in [5.74, 6) is -0.157. The molecule has 2 aromatic rings. The number of halogens is 3. The van der Waals surface area contributed by atoms with Crippen molar-refractivity contribution >= 4 is 67.8 Å². The molecule has 1 fully saturated rings. The maximum Gasteiger partial charge on any atom is 0.282 e. The Morgan fingerprint density at radius 1 is 1.23 bits per heavy atom. The molecule has 1 aromatic carbocycles. The number of carbonyl (C=O) groups excluding carboxylic acids is 1. The van der Waals surface area contributed by atoms with E-state index in [4.69, 9.17) is 28.3 Å². The highest BCUT2D eigenvalue weighted by molar-refractivity contribution is 9.10. The number of nitrogens with one attached hydrogen (secondary N) is 1. The molecular formula is C21H23BrCl2N4OS. The lowest BCUT2D eigenvalue weighted by atomic mass is 9.79. The van der Waals surface area contributed by atoms with E-state index in [-0.39, 0.29) is 11.9 Å². The second kappa shape index (κ2) is 8.79. The number of rotatable bonds is 4. The van der Waals surface area contributed by atoms with Gasteiger partial charge in [-0.05, 0) is 53.0 Å². The SMILES string of the molecule is CC1(C)C(C(=O)NN2CCCCC2)=NN(c2ccc(Cl)cc2Cl)C1c1cc(Br)cs1. The average Bonchev–Trinajstić information content (AvgIpc) is 3.22. The third kappa shape index (κ3) is 4.28. The quantitative estimate of drug-likeness (QED) is 0.507. The van der Waals surface area contributed by atoms with Gasteiger partial charge in [0.25, 0.3) is 5.91 Å². The molecule has 0 radical (unpaired) electrons. The fourth-order valence-corrected chi connectivity index (χ4v) is 6.29. The zero-order chi connectivity index (χ0) is 21.5. The van der Waals surface area contributed by atoms with E-state index >= 15 is 0 Å². The molecule has 0 spiro atoms. The fourth-order valence-electron chi connectivity index (χ4n) is 4.08. The Bertz CT molecular complexity index is 987. The Morgan fingerprint density at radius 2 is 1.97 bits per heavy atom. The van der Waals surface area contributed by atoms with Crippen LogP contribution in [0.3, 0.4) is 0 Å². The van der Waals surface area contributed by atoms with Crippen LogP contribution in [-0.4, -0.2) is 29.7 Å². The number of anilines is 1. The van der Waals surface area contributed by atoms with E-state index < -0.39 is 5.41 Å². The molecule has 1 amide bonds. The van der Waals surface area contributed by atoms with E-state index in [0.29, 0.717) is 15.8 Å². The van der Waals surface area contributed by atoms with Crippen LogP contribution in [0.5, 0.6) is 0 Å². The smallest absolute Gasteiger partial charge is 0.282 e. The molecule has 5 nitrogen and oxygen atoms in total. The van der Waals surface area contributed by atoms with Gasteiger partial charge < -0.3 is 0 Å². The van der Waals surface area contributed by atoms with Gasteiger partial charge in [0.1, 0.15) is 5.71 Å². The van der Waals surface area contributed by atoms with E-state index in [2.05, 4.69) is 41.3 Å². The minimum absolute atomic E-state index is 0.157. The van der Waals surface area contributed by atoms with Crippen molar-refractivity contribution in [3.8, 4) is 0 Å². The third-order valence-electron chi connectivity index (χ3n) is 5.59. The molecule has 1 N–H and O–H groups in total. The van der Waals surface area contributed by atoms with E-state index in [1.54, 1.807) is 23.5 Å². The highest BCUT2D eigenvalue weighted by Crippen LogP contribution is 2.50. The van der Waals surface area contributed by atoms with Gasteiger partial charge in [0.2, 0.25) is 0 Å². The van der Waals surface area contributed by atoms with Crippen LogP contribution in [0.25, 0.3) is 0 Å². The largest absolute Gasteiger partial charge is 0.284 e. The Balaban J connectivity index is 1.73. The van der Waals surface area contributed by atoms with Crippen LogP contribution in [0.4, 0.5) is 5.69 Å². The summed E-state index contributed by atoms with van der Waals surface area (Å²) in [6.45, 7) is 5.86. The van der Waals surface area contributed by atoms with Gasteiger partial charge in [-0.15, -0.1) is 11.3 Å². The molecule has 9 heteroatoms. The molecule has 0 aliphatic carbocycles. The standard InChI is InChI=1S/C21H23BrCl2N4OS/c1-21(2)18(20(29)26-27-8-4-3-5-9-27)25-28(16-7-6-14(23)11-15(16)24)19(21)17-10-13(22)12-30-17/h6-7,10-12,19H,3-5,8-9H2,1-2H3,(H,26,29). The summed E-state index contributed by atoms with van der Waals surface area (Å²) in [5, 5.41) is 11.8. The van der Waals surface area contributed by atoms with Crippen LogP contribution in [0.15, 0.2) is 39.2 Å². The van der Waals surface area contributed by atoms with E-state index in [1.165, 1.54) is 6.42 Å². The zero-order valence-corrected chi connectivity index (χ0v) is 20.7. The highest BCUT2D eigenvalue weighted by Gasteiger charge is 2.49. The molecule has 0 bridgehead atoms. The van der Waals surface area contributed by atoms with Gasteiger partial charge in [-0.3, -0.25) is 15.2 Å². The van der Waals surface area contributed by atoms with Crippen LogP contribution in [0.2, 0.25) is 10.0 Å². The summed E-state index contributed by atoms with van der Waals surface area (Å²) in [5.41, 5.74) is 3.75. The minimum atomic E-state index is -0.535. The number of hydrazone groups is 1. The van der Waals surface area contributed by atoms with Crippen molar-refractivity contribution in [2.24, 2.45) is 10.5 Å². The number of hydrazine groups is 1. The maximum atomic E-state index is 13.3. The Hall–Kier alpha value is -1.12. The van der Waals surface area contributed by atoms with Gasteiger partial charge in [-0.25, -0.2) is 5.01 Å². The van der Waals surface area contributed by atoms with Crippen molar-refractivity contribution in [2.75, 3.05) is 18.1 Å². The van der Waals surface area contributed by atoms with Crippen LogP contribution in [-0.2, 0) is 4.79 Å². The predicted molar refractivity (Wildman–Crippen MR) is 128 cm³/mol. The van der Waals surface area contributed by atoms with Crippen LogP contribution >= 0.6 is 50.5 Å². The lowest BCUT2D eigenvalue weighted by Gasteiger charge is -2.33. The lowest BCUT2D eigenvalue weighted by Crippen LogP contribution is -2.50. The monoisotopic (exact) mass is 528 g/mol. The molecule has 0 saturated carbocycles. The van der Waals surface area contributed by atoms with Crippen LogP contribution < -0.4 is 10.4 Å². The molecule has 160 valence electrons. The number of hydrogen-bond acceptors (Lipinski definition) is 5. The molecule has 3 heterocycles. The summed E-state index contributed by atoms with van der Waals surface area (Å²) in [6, 6.07) is 7.25. The normalized spacial score (nSPS) is 21.6. The Morgan fingerprint density at radius 3 is 2.60 bits per heavy atom. The van der Waals surface area contributed by atoms with Crippen molar-refractivity contribution in [3.63, 3.8) is 0 Å². The summed E-state index contributed by atoms with van der Waals surface area (Å²) in [7, 11) is 0. The number of piperidine rings is 1. The van der Waals surface area contributed by atoms with Gasteiger partial charge >= 0.3 is 0 Å². The molecule has 2 aliphatic rings. The predicted octanol–water partition coefficient (Wildman–Crippen LogP) is 6.28. The topological polar surface area (TPSA) is 47.9 Å². The average molecular weight is 530 g/mol. The van der Waals surface area contributed by atoms with E-state index in [1.807, 2.05) is 21.5 Å². The van der Waals surface area contributed by atoms with Crippen LogP contribution in [0, 0.1) is 5.41 Å². The Kier molecular flexibility index (Phi) is 6.47. The molecule has 1 saturated heterocycles. The first-order valence-electron chi connectivity index (χ1n) is 9.90. The second-order valence-corrected chi connectivity index (χ2v) is 10.9. The molecular weight excluding hydrogens is 507 g/mol. The first kappa shape index (κ1) is 22.1. The molecule has 4 rings (SSSR count). The first-order valence-corrected chi connectivity index (χ1v) is 12.3. The number of amides is 1. The van der Waals surface area contributed by atoms with Gasteiger partial charge in [0.15, 0.2) is 0 Å². The van der Waals surface area contributed by atoms with E-state index in [0.717, 1.165) is 41.0 Å². The summed E-state index contributed by atoms with van der Waals surface area (Å²) >= 11 is 17.8.